The van der Waals surface area contributed by atoms with Gasteiger partial charge in [-0.05, 0) is 26.0 Å². The minimum Gasteiger partial charge on any atom is -0.486 e. The smallest absolute Gasteiger partial charge is 0.325 e. The highest BCUT2D eigenvalue weighted by atomic mass is 16.6. The zero-order valence-corrected chi connectivity index (χ0v) is 15.2. The van der Waals surface area contributed by atoms with Crippen molar-refractivity contribution in [2.45, 2.75) is 19.9 Å². The van der Waals surface area contributed by atoms with Crippen LogP contribution >= 0.6 is 0 Å². The van der Waals surface area contributed by atoms with Gasteiger partial charge in [-0.2, -0.15) is 0 Å². The first-order valence-electron chi connectivity index (χ1n) is 8.87. The molecule has 26 heavy (non-hydrogen) atoms. The summed E-state index contributed by atoms with van der Waals surface area (Å²) in [6, 6.07) is 5.18. The number of amides is 3. The number of ether oxygens (including phenoxy) is 2. The Morgan fingerprint density at radius 2 is 1.96 bits per heavy atom. The quantitative estimate of drug-likeness (QED) is 0.813. The number of aliphatic hydroxyl groups excluding tert-OH is 1. The number of anilines is 1. The Bertz CT molecular complexity index is 679. The van der Waals surface area contributed by atoms with E-state index in [1.165, 1.54) is 4.90 Å². The first kappa shape index (κ1) is 18.3. The highest BCUT2D eigenvalue weighted by Gasteiger charge is 2.33. The van der Waals surface area contributed by atoms with Crippen LogP contribution in [0.3, 0.4) is 0 Å². The number of hydrogen-bond acceptors (Lipinski definition) is 5. The Morgan fingerprint density at radius 1 is 1.23 bits per heavy atom. The first-order valence-corrected chi connectivity index (χ1v) is 8.87. The van der Waals surface area contributed by atoms with E-state index in [0.29, 0.717) is 37.8 Å². The maximum Gasteiger partial charge on any atom is 0.325 e. The molecule has 3 amide bonds. The van der Waals surface area contributed by atoms with Gasteiger partial charge in [0.25, 0.3) is 0 Å². The van der Waals surface area contributed by atoms with Crippen molar-refractivity contribution in [1.82, 2.24) is 9.80 Å². The summed E-state index contributed by atoms with van der Waals surface area (Å²) < 4.78 is 11.1. The Labute approximate surface area is 152 Å². The minimum absolute atomic E-state index is 0.0120. The van der Waals surface area contributed by atoms with E-state index in [-0.39, 0.29) is 37.7 Å². The molecule has 0 spiro atoms. The van der Waals surface area contributed by atoms with Gasteiger partial charge < -0.3 is 24.4 Å². The standard InChI is InChI=1S/C18H25N3O5/c1-13(2)20(7-8-22)17(23)12-19-5-6-21(18(19)24)14-3-4-15-16(11-14)26-10-9-25-15/h3-4,11,13,22H,5-10,12H2,1-2H3. The second-order valence-corrected chi connectivity index (χ2v) is 6.59. The van der Waals surface area contributed by atoms with Crippen LogP contribution in [0.15, 0.2) is 18.2 Å². The SMILES string of the molecule is CC(C)N(CCO)C(=O)CN1CCN(c2ccc3c(c2)OCCO3)C1=O. The van der Waals surface area contributed by atoms with Crippen molar-refractivity contribution in [3.8, 4) is 11.5 Å². The monoisotopic (exact) mass is 363 g/mol. The van der Waals surface area contributed by atoms with Crippen molar-refractivity contribution in [3.63, 3.8) is 0 Å². The van der Waals surface area contributed by atoms with Crippen LogP contribution in [0.25, 0.3) is 0 Å². The van der Waals surface area contributed by atoms with Gasteiger partial charge in [-0.25, -0.2) is 4.79 Å². The van der Waals surface area contributed by atoms with Gasteiger partial charge in [0, 0.05) is 37.4 Å². The van der Waals surface area contributed by atoms with E-state index in [1.54, 1.807) is 21.9 Å². The molecular formula is C18H25N3O5. The molecule has 8 heteroatoms. The molecule has 0 aliphatic carbocycles. The van der Waals surface area contributed by atoms with E-state index in [0.717, 1.165) is 5.69 Å². The lowest BCUT2D eigenvalue weighted by Gasteiger charge is -2.28. The van der Waals surface area contributed by atoms with E-state index in [1.807, 2.05) is 19.9 Å². The van der Waals surface area contributed by atoms with Crippen LogP contribution in [0.1, 0.15) is 13.8 Å². The molecule has 0 radical (unpaired) electrons. The molecule has 0 saturated carbocycles. The summed E-state index contributed by atoms with van der Waals surface area (Å²) >= 11 is 0. The number of nitrogens with zero attached hydrogens (tertiary/aromatic N) is 3. The van der Waals surface area contributed by atoms with Crippen molar-refractivity contribution < 1.29 is 24.2 Å². The molecule has 3 rings (SSSR count). The van der Waals surface area contributed by atoms with E-state index >= 15 is 0 Å². The number of benzene rings is 1. The van der Waals surface area contributed by atoms with E-state index in [9.17, 15) is 9.59 Å². The van der Waals surface area contributed by atoms with Gasteiger partial charge in [-0.3, -0.25) is 9.69 Å². The molecule has 1 N–H and O–H groups in total. The fraction of sp³-hybridized carbons (Fsp3) is 0.556. The van der Waals surface area contributed by atoms with Gasteiger partial charge in [-0.1, -0.05) is 0 Å². The third-order valence-electron chi connectivity index (χ3n) is 4.54. The largest absolute Gasteiger partial charge is 0.486 e. The average molecular weight is 363 g/mol. The number of carbonyl (C=O) groups excluding carboxylic acids is 2. The summed E-state index contributed by atoms with van der Waals surface area (Å²) in [5.74, 6) is 1.15. The Morgan fingerprint density at radius 3 is 2.65 bits per heavy atom. The highest BCUT2D eigenvalue weighted by Crippen LogP contribution is 2.34. The predicted octanol–water partition coefficient (Wildman–Crippen LogP) is 0.929. The van der Waals surface area contributed by atoms with Gasteiger partial charge in [0.1, 0.15) is 19.8 Å². The number of aliphatic hydroxyl groups is 1. The summed E-state index contributed by atoms with van der Waals surface area (Å²) in [7, 11) is 0. The Hall–Kier alpha value is -2.48. The van der Waals surface area contributed by atoms with Gasteiger partial charge >= 0.3 is 6.03 Å². The van der Waals surface area contributed by atoms with Crippen LogP contribution in [-0.4, -0.2) is 78.9 Å². The molecule has 142 valence electrons. The van der Waals surface area contributed by atoms with Crippen LogP contribution in [0.2, 0.25) is 0 Å². The second-order valence-electron chi connectivity index (χ2n) is 6.59. The summed E-state index contributed by atoms with van der Waals surface area (Å²) in [4.78, 5) is 29.9. The molecule has 1 aromatic rings. The topological polar surface area (TPSA) is 82.6 Å². The highest BCUT2D eigenvalue weighted by molar-refractivity contribution is 5.96. The van der Waals surface area contributed by atoms with Gasteiger partial charge in [0.15, 0.2) is 11.5 Å². The molecule has 0 unspecified atom stereocenters. The maximum absolute atomic E-state index is 12.7. The van der Waals surface area contributed by atoms with Crippen molar-refractivity contribution in [1.29, 1.82) is 0 Å². The van der Waals surface area contributed by atoms with E-state index < -0.39 is 0 Å². The zero-order chi connectivity index (χ0) is 18.7. The predicted molar refractivity (Wildman–Crippen MR) is 95.7 cm³/mol. The molecule has 0 aromatic heterocycles. The van der Waals surface area contributed by atoms with Gasteiger partial charge in [-0.15, -0.1) is 0 Å². The molecule has 1 saturated heterocycles. The molecule has 1 aromatic carbocycles. The fourth-order valence-corrected chi connectivity index (χ4v) is 3.20. The number of urea groups is 1. The van der Waals surface area contributed by atoms with Gasteiger partial charge in [0.05, 0.1) is 6.61 Å². The zero-order valence-electron chi connectivity index (χ0n) is 15.2. The second kappa shape index (κ2) is 7.82. The summed E-state index contributed by atoms with van der Waals surface area (Å²) in [5, 5.41) is 9.13. The normalized spacial score (nSPS) is 16.4. The molecule has 2 aliphatic rings. The number of carbonyl (C=O) groups is 2. The lowest BCUT2D eigenvalue weighted by atomic mass is 10.2. The molecule has 0 bridgehead atoms. The van der Waals surface area contributed by atoms with Crippen LogP contribution < -0.4 is 14.4 Å². The van der Waals surface area contributed by atoms with Crippen molar-refractivity contribution in [2.75, 3.05) is 50.9 Å². The average Bonchev–Trinajstić information content (AvgIpc) is 2.99. The Kier molecular flexibility index (Phi) is 5.51. The van der Waals surface area contributed by atoms with E-state index in [2.05, 4.69) is 0 Å². The molecule has 2 aliphatic heterocycles. The van der Waals surface area contributed by atoms with Crippen LogP contribution in [-0.2, 0) is 4.79 Å². The lowest BCUT2D eigenvalue weighted by molar-refractivity contribution is -0.133. The fourth-order valence-electron chi connectivity index (χ4n) is 3.20. The maximum atomic E-state index is 12.7. The summed E-state index contributed by atoms with van der Waals surface area (Å²) in [6.07, 6.45) is 0. The summed E-state index contributed by atoms with van der Waals surface area (Å²) in [5.41, 5.74) is 0.727. The summed E-state index contributed by atoms with van der Waals surface area (Å²) in [6.45, 7) is 5.95. The molecule has 1 fully saturated rings. The van der Waals surface area contributed by atoms with Crippen molar-refractivity contribution >= 4 is 17.6 Å². The first-order chi connectivity index (χ1) is 12.5. The van der Waals surface area contributed by atoms with Crippen LogP contribution in [0, 0.1) is 0 Å². The van der Waals surface area contributed by atoms with Crippen LogP contribution in [0.5, 0.6) is 11.5 Å². The molecule has 8 nitrogen and oxygen atoms in total. The molecule has 2 heterocycles. The lowest BCUT2D eigenvalue weighted by Crippen LogP contribution is -2.46. The molecule has 0 atom stereocenters. The van der Waals surface area contributed by atoms with Crippen LogP contribution in [0.4, 0.5) is 10.5 Å². The molecular weight excluding hydrogens is 338 g/mol. The number of fused-ring (bicyclic) bond motifs is 1. The third kappa shape index (κ3) is 3.70. The minimum atomic E-state index is -0.206. The van der Waals surface area contributed by atoms with E-state index in [4.69, 9.17) is 14.6 Å². The number of hydrogen-bond donors (Lipinski definition) is 1. The van der Waals surface area contributed by atoms with Crippen molar-refractivity contribution in [2.24, 2.45) is 0 Å². The van der Waals surface area contributed by atoms with Crippen molar-refractivity contribution in [3.05, 3.63) is 18.2 Å². The van der Waals surface area contributed by atoms with Gasteiger partial charge in [0.2, 0.25) is 5.91 Å². The number of rotatable bonds is 6. The third-order valence-corrected chi connectivity index (χ3v) is 4.54. The Balaban J connectivity index is 1.67.